The molecule has 0 aromatic heterocycles. The Morgan fingerprint density at radius 2 is 1.86 bits per heavy atom. The smallest absolute Gasteiger partial charge is 0.408 e. The molecular formula is C17H17NO3. The Morgan fingerprint density at radius 1 is 1.14 bits per heavy atom. The van der Waals surface area contributed by atoms with Crippen molar-refractivity contribution in [1.82, 2.24) is 5.32 Å². The van der Waals surface area contributed by atoms with Crippen molar-refractivity contribution in [2.45, 2.75) is 25.2 Å². The number of aliphatic hydroxyl groups is 1. The number of hydrogen-bond donors (Lipinski definition) is 2. The second-order valence-corrected chi connectivity index (χ2v) is 5.15. The quantitative estimate of drug-likeness (QED) is 0.910. The van der Waals surface area contributed by atoms with Gasteiger partial charge in [-0.25, -0.2) is 4.79 Å². The van der Waals surface area contributed by atoms with Gasteiger partial charge in [-0.05, 0) is 16.7 Å². The minimum absolute atomic E-state index is 0.219. The first-order valence-corrected chi connectivity index (χ1v) is 6.97. The van der Waals surface area contributed by atoms with Crippen molar-refractivity contribution in [1.29, 1.82) is 0 Å². The Hall–Kier alpha value is -2.33. The first-order valence-electron chi connectivity index (χ1n) is 6.97. The summed E-state index contributed by atoms with van der Waals surface area (Å²) < 4.78 is 5.19. The van der Waals surface area contributed by atoms with E-state index in [2.05, 4.69) is 5.32 Å². The molecule has 2 aromatic carbocycles. The fourth-order valence-electron chi connectivity index (χ4n) is 2.64. The number of aliphatic hydroxyl groups excluding tert-OH is 1. The Kier molecular flexibility index (Phi) is 3.88. The van der Waals surface area contributed by atoms with Crippen LogP contribution < -0.4 is 5.32 Å². The number of alkyl carbamates (subject to hydrolysis) is 1. The average molecular weight is 283 g/mol. The molecule has 0 unspecified atom stereocenters. The molecule has 3 rings (SSSR count). The lowest BCUT2D eigenvalue weighted by Crippen LogP contribution is -2.34. The SMILES string of the molecule is O=C(N[C@H]1c2ccccc2C[C@@H]1O)OCc1ccccc1. The molecule has 0 bridgehead atoms. The number of benzene rings is 2. The highest BCUT2D eigenvalue weighted by Gasteiger charge is 2.32. The van der Waals surface area contributed by atoms with Gasteiger partial charge in [0.05, 0.1) is 12.1 Å². The number of fused-ring (bicyclic) bond motifs is 1. The highest BCUT2D eigenvalue weighted by molar-refractivity contribution is 5.68. The Bertz CT molecular complexity index is 627. The average Bonchev–Trinajstić information content (AvgIpc) is 2.82. The number of ether oxygens (including phenoxy) is 1. The van der Waals surface area contributed by atoms with E-state index in [4.69, 9.17) is 4.74 Å². The van der Waals surface area contributed by atoms with E-state index in [9.17, 15) is 9.90 Å². The fraction of sp³-hybridized carbons (Fsp3) is 0.235. The van der Waals surface area contributed by atoms with Crippen molar-refractivity contribution >= 4 is 6.09 Å². The second kappa shape index (κ2) is 5.97. The van der Waals surface area contributed by atoms with Crippen LogP contribution in [0.4, 0.5) is 4.79 Å². The van der Waals surface area contributed by atoms with Gasteiger partial charge in [0.15, 0.2) is 0 Å². The highest BCUT2D eigenvalue weighted by Crippen LogP contribution is 2.31. The molecule has 2 atom stereocenters. The van der Waals surface area contributed by atoms with E-state index in [-0.39, 0.29) is 6.61 Å². The Labute approximate surface area is 123 Å². The predicted octanol–water partition coefficient (Wildman–Crippen LogP) is 2.57. The minimum Gasteiger partial charge on any atom is -0.445 e. The van der Waals surface area contributed by atoms with Gasteiger partial charge < -0.3 is 15.2 Å². The summed E-state index contributed by atoms with van der Waals surface area (Å²) >= 11 is 0. The summed E-state index contributed by atoms with van der Waals surface area (Å²) in [6.07, 6.45) is -0.564. The maximum absolute atomic E-state index is 11.9. The van der Waals surface area contributed by atoms with Crippen molar-refractivity contribution in [3.8, 4) is 0 Å². The topological polar surface area (TPSA) is 58.6 Å². The zero-order chi connectivity index (χ0) is 14.7. The van der Waals surface area contributed by atoms with Crippen LogP contribution in [-0.2, 0) is 17.8 Å². The van der Waals surface area contributed by atoms with Gasteiger partial charge >= 0.3 is 6.09 Å². The van der Waals surface area contributed by atoms with Gasteiger partial charge in [0.1, 0.15) is 6.61 Å². The van der Waals surface area contributed by atoms with Gasteiger partial charge in [-0.2, -0.15) is 0 Å². The molecule has 2 aromatic rings. The molecular weight excluding hydrogens is 266 g/mol. The van der Waals surface area contributed by atoms with Crippen LogP contribution in [-0.4, -0.2) is 17.3 Å². The van der Waals surface area contributed by atoms with Crippen LogP contribution in [0, 0.1) is 0 Å². The summed E-state index contributed by atoms with van der Waals surface area (Å²) in [6.45, 7) is 0.219. The van der Waals surface area contributed by atoms with Crippen molar-refractivity contribution in [3.05, 3.63) is 71.3 Å². The van der Waals surface area contributed by atoms with Gasteiger partial charge in [0.2, 0.25) is 0 Å². The summed E-state index contributed by atoms with van der Waals surface area (Å²) in [5.41, 5.74) is 2.96. The summed E-state index contributed by atoms with van der Waals surface area (Å²) in [7, 11) is 0. The first-order chi connectivity index (χ1) is 10.2. The van der Waals surface area contributed by atoms with E-state index in [1.807, 2.05) is 54.6 Å². The summed E-state index contributed by atoms with van der Waals surface area (Å²) in [5, 5.41) is 12.8. The largest absolute Gasteiger partial charge is 0.445 e. The van der Waals surface area contributed by atoms with E-state index in [0.29, 0.717) is 6.42 Å². The number of carbonyl (C=O) groups is 1. The van der Waals surface area contributed by atoms with Crippen LogP contribution in [0.15, 0.2) is 54.6 Å². The van der Waals surface area contributed by atoms with Gasteiger partial charge in [0, 0.05) is 6.42 Å². The molecule has 1 aliphatic carbocycles. The zero-order valence-electron chi connectivity index (χ0n) is 11.5. The molecule has 0 heterocycles. The molecule has 1 aliphatic rings. The molecule has 4 heteroatoms. The lowest BCUT2D eigenvalue weighted by atomic mass is 10.1. The maximum Gasteiger partial charge on any atom is 0.408 e. The van der Waals surface area contributed by atoms with Crippen LogP contribution in [0.2, 0.25) is 0 Å². The number of amides is 1. The van der Waals surface area contributed by atoms with Gasteiger partial charge in [0.25, 0.3) is 0 Å². The molecule has 0 spiro atoms. The molecule has 108 valence electrons. The molecule has 4 nitrogen and oxygen atoms in total. The number of carbonyl (C=O) groups excluding carboxylic acids is 1. The third-order valence-electron chi connectivity index (χ3n) is 3.69. The van der Waals surface area contributed by atoms with E-state index in [1.54, 1.807) is 0 Å². The van der Waals surface area contributed by atoms with Gasteiger partial charge in [-0.1, -0.05) is 54.6 Å². The molecule has 1 amide bonds. The molecule has 21 heavy (non-hydrogen) atoms. The molecule has 0 saturated carbocycles. The summed E-state index contributed by atoms with van der Waals surface area (Å²) in [4.78, 5) is 11.9. The van der Waals surface area contributed by atoms with Crippen molar-refractivity contribution < 1.29 is 14.6 Å². The van der Waals surface area contributed by atoms with Crippen molar-refractivity contribution in [2.24, 2.45) is 0 Å². The van der Waals surface area contributed by atoms with E-state index < -0.39 is 18.2 Å². The highest BCUT2D eigenvalue weighted by atomic mass is 16.5. The van der Waals surface area contributed by atoms with Crippen LogP contribution in [0.5, 0.6) is 0 Å². The van der Waals surface area contributed by atoms with E-state index in [1.165, 1.54) is 0 Å². The van der Waals surface area contributed by atoms with Gasteiger partial charge in [-0.3, -0.25) is 0 Å². The Morgan fingerprint density at radius 3 is 2.67 bits per heavy atom. The lowest BCUT2D eigenvalue weighted by Gasteiger charge is -2.17. The molecule has 0 aliphatic heterocycles. The summed E-state index contributed by atoms with van der Waals surface area (Å²) in [5.74, 6) is 0. The molecule has 0 saturated heterocycles. The minimum atomic E-state index is -0.605. The summed E-state index contributed by atoms with van der Waals surface area (Å²) in [6, 6.07) is 16.8. The normalized spacial score (nSPS) is 19.9. The van der Waals surface area contributed by atoms with Crippen LogP contribution in [0.1, 0.15) is 22.7 Å². The van der Waals surface area contributed by atoms with E-state index in [0.717, 1.165) is 16.7 Å². The predicted molar refractivity (Wildman–Crippen MR) is 78.7 cm³/mol. The number of rotatable bonds is 3. The fourth-order valence-corrected chi connectivity index (χ4v) is 2.64. The van der Waals surface area contributed by atoms with E-state index >= 15 is 0 Å². The van der Waals surface area contributed by atoms with Crippen LogP contribution in [0.3, 0.4) is 0 Å². The van der Waals surface area contributed by atoms with Gasteiger partial charge in [-0.15, -0.1) is 0 Å². The van der Waals surface area contributed by atoms with Crippen LogP contribution in [0.25, 0.3) is 0 Å². The first kappa shape index (κ1) is 13.6. The third-order valence-corrected chi connectivity index (χ3v) is 3.69. The lowest BCUT2D eigenvalue weighted by molar-refractivity contribution is 0.109. The Balaban J connectivity index is 1.60. The second-order valence-electron chi connectivity index (χ2n) is 5.15. The van der Waals surface area contributed by atoms with Crippen molar-refractivity contribution in [2.75, 3.05) is 0 Å². The van der Waals surface area contributed by atoms with Crippen molar-refractivity contribution in [3.63, 3.8) is 0 Å². The number of nitrogens with one attached hydrogen (secondary N) is 1. The molecule has 2 N–H and O–H groups in total. The number of hydrogen-bond acceptors (Lipinski definition) is 3. The third kappa shape index (κ3) is 3.06. The maximum atomic E-state index is 11.9. The molecule has 0 radical (unpaired) electrons. The standard InChI is InChI=1S/C17H17NO3/c19-15-10-13-8-4-5-9-14(13)16(15)18-17(20)21-11-12-6-2-1-3-7-12/h1-9,15-16,19H,10-11H2,(H,18,20)/t15-,16-/m0/s1. The van der Waals surface area contributed by atoms with Crippen LogP contribution >= 0.6 is 0 Å². The monoisotopic (exact) mass is 283 g/mol. The molecule has 0 fully saturated rings. The zero-order valence-corrected chi connectivity index (χ0v) is 11.5.